The molecule has 0 aromatic heterocycles. The van der Waals surface area contributed by atoms with E-state index in [0.717, 1.165) is 11.3 Å². The number of ether oxygens (including phenoxy) is 3. The second kappa shape index (κ2) is 23.3. The molecule has 220 valence electrons. The predicted octanol–water partition coefficient (Wildman–Crippen LogP) is -0.571. The molecule has 0 saturated carbocycles. The van der Waals surface area contributed by atoms with Gasteiger partial charge in [0.25, 0.3) is 0 Å². The van der Waals surface area contributed by atoms with E-state index in [4.69, 9.17) is 29.5 Å². The number of hydrogen-bond acceptors (Lipinski definition) is 9. The largest absolute Gasteiger partial charge is 0.545 e. The van der Waals surface area contributed by atoms with E-state index in [-0.39, 0.29) is 6.10 Å². The molecule has 1 atom stereocenters. The Balaban J connectivity index is 0. The lowest BCUT2D eigenvalue weighted by Gasteiger charge is -2.13. The van der Waals surface area contributed by atoms with Crippen LogP contribution in [0.4, 0.5) is 0 Å². The number of benzene rings is 1. The van der Waals surface area contributed by atoms with Crippen LogP contribution in [-0.2, 0) is 35.3 Å². The maximum absolute atomic E-state index is 9.83. The fourth-order valence-corrected chi connectivity index (χ4v) is 2.19. The number of carbonyl (C=O) groups is 4. The Labute approximate surface area is 227 Å². The molecule has 0 bridgehead atoms. The lowest BCUT2D eigenvalue weighted by molar-refractivity contribution is -0.688. The Bertz CT molecular complexity index is 829. The van der Waals surface area contributed by atoms with Crippen LogP contribution in [0, 0.1) is 0 Å². The van der Waals surface area contributed by atoms with Gasteiger partial charge >= 0.3 is 17.9 Å². The third-order valence-corrected chi connectivity index (χ3v) is 3.92. The topological polar surface area (TPSA) is 217 Å². The molecule has 13 nitrogen and oxygen atoms in total. The zero-order valence-electron chi connectivity index (χ0n) is 22.5. The molecule has 39 heavy (non-hydrogen) atoms. The van der Waals surface area contributed by atoms with E-state index < -0.39 is 30.0 Å². The summed E-state index contributed by atoms with van der Waals surface area (Å²) in [6.45, 7) is 11.0. The highest BCUT2D eigenvalue weighted by Crippen LogP contribution is 2.13. The minimum absolute atomic E-state index is 0.239. The molecular weight excluding hydrogens is 518 g/mol. The average molecular weight is 558 g/mol. The van der Waals surface area contributed by atoms with Crippen LogP contribution in [0.3, 0.4) is 0 Å². The Morgan fingerprint density at radius 3 is 1.79 bits per heavy atom. The second-order valence-electron chi connectivity index (χ2n) is 8.30. The van der Waals surface area contributed by atoms with Crippen molar-refractivity contribution in [3.8, 4) is 5.75 Å². The van der Waals surface area contributed by atoms with Crippen LogP contribution < -0.4 is 15.2 Å². The van der Waals surface area contributed by atoms with Crippen LogP contribution in [0.1, 0.15) is 33.3 Å². The number of aliphatic hydroxyl groups is 1. The standard InChI is InChI=1S/C18H31NO4.2C4H4O4/c1-14(2)19-11-17(20)13-23-18-7-5-16(6-8-18)12-21-9-10-22-15(3)4;2*5-3(6)1-2-4(7)8/h5-8,14-15,17,19-20H,9-13H2,1-4H3;2*1-2H,(H,5,6)(H,7,8)/b;2*2-1+. The van der Waals surface area contributed by atoms with Gasteiger partial charge in [-0.1, -0.05) is 12.1 Å². The molecule has 0 saturated heterocycles. The average Bonchev–Trinajstić information content (AvgIpc) is 2.85. The molecule has 13 heteroatoms. The van der Waals surface area contributed by atoms with Gasteiger partial charge < -0.3 is 49.9 Å². The van der Waals surface area contributed by atoms with E-state index in [2.05, 4.69) is 19.2 Å². The van der Waals surface area contributed by atoms with Gasteiger partial charge in [-0.25, -0.2) is 14.4 Å². The van der Waals surface area contributed by atoms with Crippen molar-refractivity contribution in [2.45, 2.75) is 52.6 Å². The fourth-order valence-electron chi connectivity index (χ4n) is 2.19. The van der Waals surface area contributed by atoms with Crippen molar-refractivity contribution in [3.63, 3.8) is 0 Å². The molecule has 0 aliphatic rings. The van der Waals surface area contributed by atoms with Gasteiger partial charge in [0.05, 0.1) is 37.9 Å². The van der Waals surface area contributed by atoms with Crippen LogP contribution in [0.5, 0.6) is 5.75 Å². The molecule has 1 aromatic rings. The number of carboxylic acids is 4. The van der Waals surface area contributed by atoms with Crippen LogP contribution in [0.25, 0.3) is 0 Å². The van der Waals surface area contributed by atoms with E-state index in [1.54, 1.807) is 0 Å². The number of carboxylic acid groups (broad SMARTS) is 4. The number of rotatable bonds is 16. The normalized spacial score (nSPS) is 11.5. The number of nitrogens with two attached hydrogens (primary N) is 1. The number of hydrogen-bond donors (Lipinski definition) is 5. The van der Waals surface area contributed by atoms with Crippen molar-refractivity contribution in [1.82, 2.24) is 0 Å². The molecule has 1 rings (SSSR count). The number of aliphatic carboxylic acids is 4. The van der Waals surface area contributed by atoms with Gasteiger partial charge in [0, 0.05) is 18.2 Å². The molecule has 0 radical (unpaired) electrons. The summed E-state index contributed by atoms with van der Waals surface area (Å²) < 4.78 is 16.6. The molecule has 1 unspecified atom stereocenters. The van der Waals surface area contributed by atoms with Gasteiger partial charge in [0.2, 0.25) is 0 Å². The summed E-state index contributed by atoms with van der Waals surface area (Å²) in [5.74, 6) is -4.55. The molecule has 0 aliphatic heterocycles. The first-order chi connectivity index (χ1) is 18.2. The maximum atomic E-state index is 9.83. The van der Waals surface area contributed by atoms with Gasteiger partial charge in [-0.15, -0.1) is 0 Å². The number of aliphatic hydroxyl groups excluding tert-OH is 1. The first-order valence-electron chi connectivity index (χ1n) is 11.9. The van der Waals surface area contributed by atoms with Crippen molar-refractivity contribution in [3.05, 3.63) is 54.1 Å². The van der Waals surface area contributed by atoms with E-state index in [1.165, 1.54) is 0 Å². The summed E-state index contributed by atoms with van der Waals surface area (Å²) >= 11 is 0. The highest BCUT2D eigenvalue weighted by molar-refractivity contribution is 5.89. The number of quaternary nitrogens is 1. The summed E-state index contributed by atoms with van der Waals surface area (Å²) in [5, 5.41) is 44.8. The number of carbonyl (C=O) groups excluding carboxylic acids is 1. The molecular formula is C26H39NO12. The zero-order valence-corrected chi connectivity index (χ0v) is 22.5. The van der Waals surface area contributed by atoms with Crippen LogP contribution in [-0.4, -0.2) is 88.9 Å². The Morgan fingerprint density at radius 2 is 1.38 bits per heavy atom. The molecule has 1 aromatic carbocycles. The van der Waals surface area contributed by atoms with Crippen LogP contribution in [0.15, 0.2) is 48.6 Å². The molecule has 6 N–H and O–H groups in total. The Morgan fingerprint density at radius 1 is 0.872 bits per heavy atom. The van der Waals surface area contributed by atoms with E-state index in [1.807, 2.05) is 38.1 Å². The third kappa shape index (κ3) is 30.3. The van der Waals surface area contributed by atoms with Crippen molar-refractivity contribution < 1.29 is 64.2 Å². The van der Waals surface area contributed by atoms with Crippen LogP contribution in [0.2, 0.25) is 0 Å². The first kappa shape index (κ1) is 37.4. The lowest BCUT2D eigenvalue weighted by atomic mass is 10.2. The SMILES string of the molecule is CC(C)[NH2+]CC(O)COc1ccc(COCCOC(C)C)cc1.O=C(O)/C=C/C(=O)O.O=C([O-])/C=C/C(=O)O. The molecule has 0 aliphatic carbocycles. The summed E-state index contributed by atoms with van der Waals surface area (Å²) in [6, 6.07) is 8.25. The van der Waals surface area contributed by atoms with Gasteiger partial charge in [-0.2, -0.15) is 0 Å². The molecule has 0 spiro atoms. The highest BCUT2D eigenvalue weighted by atomic mass is 16.5. The van der Waals surface area contributed by atoms with Gasteiger partial charge in [0.1, 0.15) is 25.0 Å². The smallest absolute Gasteiger partial charge is 0.328 e. The van der Waals surface area contributed by atoms with Gasteiger partial charge in [-0.3, -0.25) is 0 Å². The monoisotopic (exact) mass is 557 g/mol. The molecule has 0 fully saturated rings. The zero-order chi connectivity index (χ0) is 30.2. The predicted molar refractivity (Wildman–Crippen MR) is 137 cm³/mol. The summed E-state index contributed by atoms with van der Waals surface area (Å²) in [4.78, 5) is 38.1. The fraction of sp³-hybridized carbons (Fsp3) is 0.462. The first-order valence-corrected chi connectivity index (χ1v) is 11.9. The van der Waals surface area contributed by atoms with Crippen LogP contribution >= 0.6 is 0 Å². The Kier molecular flexibility index (Phi) is 22.4. The second-order valence-corrected chi connectivity index (χ2v) is 8.30. The van der Waals surface area contributed by atoms with Crippen molar-refractivity contribution in [2.75, 3.05) is 26.4 Å². The van der Waals surface area contributed by atoms with Crippen molar-refractivity contribution >= 4 is 23.9 Å². The summed E-state index contributed by atoms with van der Waals surface area (Å²) in [6.07, 6.45) is 1.84. The van der Waals surface area contributed by atoms with Gasteiger partial charge in [0.15, 0.2) is 0 Å². The van der Waals surface area contributed by atoms with Crippen molar-refractivity contribution in [2.24, 2.45) is 0 Å². The minimum Gasteiger partial charge on any atom is -0.545 e. The third-order valence-electron chi connectivity index (χ3n) is 3.92. The van der Waals surface area contributed by atoms with E-state index in [9.17, 15) is 29.4 Å². The minimum atomic E-state index is -1.51. The summed E-state index contributed by atoms with van der Waals surface area (Å²) in [7, 11) is 0. The molecule has 0 heterocycles. The quantitative estimate of drug-likeness (QED) is 0.127. The van der Waals surface area contributed by atoms with Crippen molar-refractivity contribution in [1.29, 1.82) is 0 Å². The van der Waals surface area contributed by atoms with Gasteiger partial charge in [-0.05, 0) is 51.5 Å². The summed E-state index contributed by atoms with van der Waals surface area (Å²) in [5.41, 5.74) is 1.09. The van der Waals surface area contributed by atoms with E-state index in [0.29, 0.717) is 63.3 Å². The lowest BCUT2D eigenvalue weighted by Crippen LogP contribution is -2.90. The maximum Gasteiger partial charge on any atom is 0.328 e. The highest BCUT2D eigenvalue weighted by Gasteiger charge is 2.08. The Hall–Kier alpha value is -3.78. The molecule has 0 amide bonds. The van der Waals surface area contributed by atoms with E-state index >= 15 is 0 Å².